The fourth-order valence-electron chi connectivity index (χ4n) is 2.57. The van der Waals surface area contributed by atoms with Gasteiger partial charge in [-0.1, -0.05) is 17.5 Å². The molecule has 3 aromatic rings. The molecule has 0 radical (unpaired) electrons. The molecule has 0 bridgehead atoms. The van der Waals surface area contributed by atoms with Crippen LogP contribution in [0, 0.1) is 12.3 Å². The van der Waals surface area contributed by atoms with Gasteiger partial charge in [0.25, 0.3) is 0 Å². The average Bonchev–Trinajstić information content (AvgIpc) is 3.20. The number of esters is 1. The number of halogens is 1. The Morgan fingerprint density at radius 3 is 2.67 bits per heavy atom. The van der Waals surface area contributed by atoms with Crippen molar-refractivity contribution in [1.29, 1.82) is 0 Å². The zero-order valence-corrected chi connectivity index (χ0v) is 16.8. The molecule has 0 fully saturated rings. The van der Waals surface area contributed by atoms with Crippen molar-refractivity contribution >= 4 is 41.1 Å². The lowest BCUT2D eigenvalue weighted by atomic mass is 10.1. The second kappa shape index (κ2) is 9.59. The minimum Gasteiger partial charge on any atom is -0.455 e. The first-order valence-corrected chi connectivity index (χ1v) is 9.26. The molecule has 1 heterocycles. The Morgan fingerprint density at radius 1 is 1.20 bits per heavy atom. The zero-order valence-electron chi connectivity index (χ0n) is 16.0. The number of hydrogen-bond acceptors (Lipinski definition) is 5. The molecule has 0 saturated heterocycles. The standard InChI is InChI=1S/C23H17ClN2O4/c1-3-12-29-23(28)20-13-16(4-10-21(20)24)22-11-9-19(30-22)14-25-17-5-7-18(8-6-17)26-15(2)27/h1,4-11,13-14H,12H2,2H3,(H,26,27). The molecule has 0 unspecified atom stereocenters. The third kappa shape index (κ3) is 5.37. The molecular formula is C23H17ClN2O4. The van der Waals surface area contributed by atoms with E-state index in [1.165, 1.54) is 6.92 Å². The molecule has 0 spiro atoms. The Bertz CT molecular complexity index is 1140. The highest BCUT2D eigenvalue weighted by molar-refractivity contribution is 6.33. The second-order valence-electron chi connectivity index (χ2n) is 6.16. The van der Waals surface area contributed by atoms with Crippen molar-refractivity contribution in [2.45, 2.75) is 6.92 Å². The molecule has 0 aliphatic rings. The molecule has 0 aliphatic heterocycles. The SMILES string of the molecule is C#CCOC(=O)c1cc(-c2ccc(C=Nc3ccc(NC(C)=O)cc3)o2)ccc1Cl. The first-order chi connectivity index (χ1) is 14.5. The molecule has 1 amide bonds. The molecule has 0 aliphatic carbocycles. The fraction of sp³-hybridized carbons (Fsp3) is 0.0870. The summed E-state index contributed by atoms with van der Waals surface area (Å²) in [4.78, 5) is 27.5. The summed E-state index contributed by atoms with van der Waals surface area (Å²) in [5.74, 6) is 2.57. The van der Waals surface area contributed by atoms with E-state index >= 15 is 0 Å². The quantitative estimate of drug-likeness (QED) is 0.342. The van der Waals surface area contributed by atoms with Gasteiger partial charge in [0.05, 0.1) is 22.5 Å². The van der Waals surface area contributed by atoms with Crippen LogP contribution in [0.4, 0.5) is 11.4 Å². The van der Waals surface area contributed by atoms with E-state index in [2.05, 4.69) is 16.2 Å². The van der Waals surface area contributed by atoms with Crippen LogP contribution in [-0.4, -0.2) is 24.7 Å². The Morgan fingerprint density at radius 2 is 1.97 bits per heavy atom. The summed E-state index contributed by atoms with van der Waals surface area (Å²) in [5, 5.41) is 2.95. The zero-order chi connectivity index (χ0) is 21.5. The van der Waals surface area contributed by atoms with E-state index in [9.17, 15) is 9.59 Å². The first-order valence-electron chi connectivity index (χ1n) is 8.88. The van der Waals surface area contributed by atoms with E-state index in [4.69, 9.17) is 27.2 Å². The van der Waals surface area contributed by atoms with Crippen LogP contribution in [0.5, 0.6) is 0 Å². The van der Waals surface area contributed by atoms with Crippen molar-refractivity contribution < 1.29 is 18.7 Å². The van der Waals surface area contributed by atoms with Crippen LogP contribution in [0.15, 0.2) is 64.0 Å². The van der Waals surface area contributed by atoms with Crippen LogP contribution >= 0.6 is 11.6 Å². The molecule has 150 valence electrons. The van der Waals surface area contributed by atoms with E-state index in [1.54, 1.807) is 60.8 Å². The number of aliphatic imine (C=N–C) groups is 1. The average molecular weight is 421 g/mol. The maximum atomic E-state index is 12.1. The third-order valence-electron chi connectivity index (χ3n) is 3.91. The van der Waals surface area contributed by atoms with Gasteiger partial charge in [0.2, 0.25) is 5.91 Å². The number of carbonyl (C=O) groups is 2. The molecule has 1 N–H and O–H groups in total. The predicted molar refractivity (Wildman–Crippen MR) is 116 cm³/mol. The number of nitrogens with one attached hydrogen (secondary N) is 1. The van der Waals surface area contributed by atoms with Gasteiger partial charge in [0, 0.05) is 18.2 Å². The van der Waals surface area contributed by atoms with Gasteiger partial charge in [-0.05, 0) is 54.6 Å². The number of hydrogen-bond donors (Lipinski definition) is 1. The molecular weight excluding hydrogens is 404 g/mol. The lowest BCUT2D eigenvalue weighted by molar-refractivity contribution is -0.114. The number of anilines is 1. The predicted octanol–water partition coefficient (Wildman–Crippen LogP) is 5.10. The highest BCUT2D eigenvalue weighted by Gasteiger charge is 2.14. The van der Waals surface area contributed by atoms with Gasteiger partial charge in [0.15, 0.2) is 6.61 Å². The minimum absolute atomic E-state index is 0.132. The van der Waals surface area contributed by atoms with Gasteiger partial charge in [-0.3, -0.25) is 9.79 Å². The van der Waals surface area contributed by atoms with E-state index in [-0.39, 0.29) is 23.1 Å². The summed E-state index contributed by atoms with van der Waals surface area (Å²) in [6, 6.07) is 15.5. The first kappa shape index (κ1) is 20.9. The maximum Gasteiger partial charge on any atom is 0.340 e. The highest BCUT2D eigenvalue weighted by atomic mass is 35.5. The van der Waals surface area contributed by atoms with Crippen LogP contribution in [-0.2, 0) is 9.53 Å². The maximum absolute atomic E-state index is 12.1. The van der Waals surface area contributed by atoms with Gasteiger partial charge in [-0.15, -0.1) is 6.42 Å². The van der Waals surface area contributed by atoms with Crippen LogP contribution in [0.2, 0.25) is 5.02 Å². The third-order valence-corrected chi connectivity index (χ3v) is 4.24. The van der Waals surface area contributed by atoms with E-state index in [0.717, 1.165) is 0 Å². The molecule has 2 aromatic carbocycles. The highest BCUT2D eigenvalue weighted by Crippen LogP contribution is 2.27. The largest absolute Gasteiger partial charge is 0.455 e. The number of rotatable bonds is 6. The minimum atomic E-state index is -0.601. The smallest absolute Gasteiger partial charge is 0.340 e. The number of ether oxygens (including phenoxy) is 1. The number of carbonyl (C=O) groups excluding carboxylic acids is 2. The Kier molecular flexibility index (Phi) is 6.68. The van der Waals surface area contributed by atoms with Gasteiger partial charge in [-0.25, -0.2) is 4.79 Å². The number of furan rings is 1. The summed E-state index contributed by atoms with van der Waals surface area (Å²) in [6.07, 6.45) is 6.69. The molecule has 0 saturated carbocycles. The van der Waals surface area contributed by atoms with Crippen LogP contribution < -0.4 is 5.32 Å². The Labute approximate surface area is 178 Å². The lowest BCUT2D eigenvalue weighted by Gasteiger charge is -2.05. The molecule has 30 heavy (non-hydrogen) atoms. The molecule has 1 aromatic heterocycles. The molecule has 3 rings (SSSR count). The molecule has 0 atom stereocenters. The van der Waals surface area contributed by atoms with Crippen molar-refractivity contribution in [3.8, 4) is 23.7 Å². The van der Waals surface area contributed by atoms with E-state index in [0.29, 0.717) is 28.5 Å². The Balaban J connectivity index is 1.75. The summed E-state index contributed by atoms with van der Waals surface area (Å²) in [7, 11) is 0. The summed E-state index contributed by atoms with van der Waals surface area (Å²) in [5.41, 5.74) is 2.26. The van der Waals surface area contributed by atoms with Crippen molar-refractivity contribution in [1.82, 2.24) is 0 Å². The van der Waals surface area contributed by atoms with Gasteiger partial charge in [0.1, 0.15) is 11.5 Å². The second-order valence-corrected chi connectivity index (χ2v) is 6.57. The van der Waals surface area contributed by atoms with Crippen LogP contribution in [0.3, 0.4) is 0 Å². The fourth-order valence-corrected chi connectivity index (χ4v) is 2.76. The van der Waals surface area contributed by atoms with Crippen molar-refractivity contribution in [2.24, 2.45) is 4.99 Å². The van der Waals surface area contributed by atoms with Crippen molar-refractivity contribution in [3.05, 3.63) is 70.9 Å². The topological polar surface area (TPSA) is 80.9 Å². The number of amides is 1. The summed E-state index contributed by atoms with van der Waals surface area (Å²) >= 11 is 6.09. The van der Waals surface area contributed by atoms with Gasteiger partial charge in [-0.2, -0.15) is 0 Å². The van der Waals surface area contributed by atoms with Crippen molar-refractivity contribution in [2.75, 3.05) is 11.9 Å². The Hall–Kier alpha value is -3.82. The van der Waals surface area contributed by atoms with E-state index < -0.39 is 5.97 Å². The number of benzene rings is 2. The van der Waals surface area contributed by atoms with Gasteiger partial charge < -0.3 is 14.5 Å². The van der Waals surface area contributed by atoms with Crippen LogP contribution in [0.25, 0.3) is 11.3 Å². The molecule has 6 nitrogen and oxygen atoms in total. The number of terminal acetylenes is 1. The molecule has 7 heteroatoms. The summed E-state index contributed by atoms with van der Waals surface area (Å²) < 4.78 is 10.7. The van der Waals surface area contributed by atoms with E-state index in [1.807, 2.05) is 0 Å². The van der Waals surface area contributed by atoms with Crippen molar-refractivity contribution in [3.63, 3.8) is 0 Å². The summed E-state index contributed by atoms with van der Waals surface area (Å²) in [6.45, 7) is 1.32. The monoisotopic (exact) mass is 420 g/mol. The normalized spacial score (nSPS) is 10.6. The number of nitrogens with zero attached hydrogens (tertiary/aromatic N) is 1. The van der Waals surface area contributed by atoms with Gasteiger partial charge >= 0.3 is 5.97 Å². The lowest BCUT2D eigenvalue weighted by Crippen LogP contribution is -2.06. The van der Waals surface area contributed by atoms with Crippen LogP contribution in [0.1, 0.15) is 23.0 Å².